The van der Waals surface area contributed by atoms with Crippen LogP contribution in [0.1, 0.15) is 0 Å². The monoisotopic (exact) mass is 351 g/mol. The van der Waals surface area contributed by atoms with Gasteiger partial charge in [0.2, 0.25) is 0 Å². The zero-order valence-electron chi connectivity index (χ0n) is 4.45. The maximum absolute atomic E-state index is 8.46. The second kappa shape index (κ2) is 44.4. The molecule has 0 saturated carbocycles. The first-order valence-corrected chi connectivity index (χ1v) is 4.24. The van der Waals surface area contributed by atoms with E-state index in [4.69, 9.17) is 23.9 Å². The fourth-order valence-corrected chi connectivity index (χ4v) is 0. The minimum atomic E-state index is -1.75. The molecule has 0 amide bonds. The fraction of sp³-hybridized carbons (Fsp3) is 0. The predicted molar refractivity (Wildman–Crippen MR) is 19.3 cm³/mol. The van der Waals surface area contributed by atoms with Gasteiger partial charge < -0.3 is 0 Å². The molecule has 6 nitrogen and oxygen atoms in total. The summed E-state index contributed by atoms with van der Waals surface area (Å²) >= 11 is -5.25. The van der Waals surface area contributed by atoms with Crippen molar-refractivity contribution in [3.8, 4) is 0 Å². The van der Waals surface area contributed by atoms with E-state index in [2.05, 4.69) is 0 Å². The van der Waals surface area contributed by atoms with Crippen LogP contribution in [0, 0.1) is 46.9 Å². The maximum Gasteiger partial charge on any atom is 3.00 e. The van der Waals surface area contributed by atoms with Crippen molar-refractivity contribution in [1.29, 1.82) is 0 Å². The van der Waals surface area contributed by atoms with Gasteiger partial charge in [-0.05, 0) is 0 Å². The molecule has 0 aliphatic carbocycles. The summed E-state index contributed by atoms with van der Waals surface area (Å²) in [6.45, 7) is 0. The Labute approximate surface area is 115 Å². The van der Waals surface area contributed by atoms with Crippen molar-refractivity contribution in [2.45, 2.75) is 0 Å². The van der Waals surface area contributed by atoms with Gasteiger partial charge in [-0.1, -0.05) is 0 Å². The number of hydrogen-bond donors (Lipinski definition) is 0. The second-order valence-corrected chi connectivity index (χ2v) is 0.866. The van der Waals surface area contributed by atoms with Crippen LogP contribution in [-0.2, 0) is 11.4 Å². The molecule has 10 heavy (non-hydrogen) atoms. The van der Waals surface area contributed by atoms with Crippen molar-refractivity contribution in [3.63, 3.8) is 0 Å². The van der Waals surface area contributed by atoms with E-state index in [9.17, 15) is 0 Å². The Morgan fingerprint density at radius 1 is 0.700 bits per heavy atom. The summed E-state index contributed by atoms with van der Waals surface area (Å²) in [5, 5.41) is 0. The summed E-state index contributed by atoms with van der Waals surface area (Å²) in [6.07, 6.45) is 0. The Hall–Kier alpha value is 1.92. The summed E-state index contributed by atoms with van der Waals surface area (Å²) in [5.41, 5.74) is 0. The van der Waals surface area contributed by atoms with Crippen LogP contribution in [0.25, 0.3) is 0 Å². The molecule has 1 radical (unpaired) electrons. The van der Waals surface area contributed by atoms with E-state index in [1.165, 1.54) is 0 Å². The quantitative estimate of drug-likeness (QED) is 0.403. The molecule has 0 aromatic rings. The normalized spacial score (nSPS) is 2.40. The molecule has 0 spiro atoms. The zero-order valence-corrected chi connectivity index (χ0v) is 9.63. The van der Waals surface area contributed by atoms with Crippen LogP contribution in [-0.4, -0.2) is 46.5 Å². The first-order valence-electron chi connectivity index (χ1n) is 1.41. The fourth-order valence-electron chi connectivity index (χ4n) is 0. The molecule has 0 bridgehead atoms. The SMILES string of the molecule is [O]=[Al][O-].[O]=[Al][O-].[O]=[Al][O-].[Yb+3]. The first-order chi connectivity index (χ1) is 4.24. The van der Waals surface area contributed by atoms with Gasteiger partial charge in [-0.25, -0.2) is 0 Å². The third-order valence-corrected chi connectivity index (χ3v) is 0. The summed E-state index contributed by atoms with van der Waals surface area (Å²) < 4.78 is 50.8. The summed E-state index contributed by atoms with van der Waals surface area (Å²) in [4.78, 5) is 0. The molecule has 0 heterocycles. The Morgan fingerprint density at radius 2 is 0.700 bits per heavy atom. The molecular weight excluding hydrogens is 350 g/mol. The molecule has 10 heteroatoms. The van der Waals surface area contributed by atoms with Gasteiger partial charge in [-0.3, -0.25) is 0 Å². The number of rotatable bonds is 0. The van der Waals surface area contributed by atoms with Gasteiger partial charge >= 0.3 is 117 Å². The largest absolute Gasteiger partial charge is 3.00 e. The van der Waals surface area contributed by atoms with E-state index in [0.717, 1.165) is 0 Å². The topological polar surface area (TPSA) is 120 Å². The molecule has 0 unspecified atom stereocenters. The average Bonchev–Trinajstić information content (AvgIpc) is 1.70. The Bertz CT molecular complexity index is 49.7. The van der Waals surface area contributed by atoms with Gasteiger partial charge in [0.05, 0.1) is 0 Å². The molecule has 0 fully saturated rings. The third-order valence-electron chi connectivity index (χ3n) is 0. The van der Waals surface area contributed by atoms with Crippen molar-refractivity contribution < 1.29 is 70.8 Å². The van der Waals surface area contributed by atoms with Crippen molar-refractivity contribution in [2.75, 3.05) is 0 Å². The van der Waals surface area contributed by atoms with Gasteiger partial charge in [-0.2, -0.15) is 0 Å². The van der Waals surface area contributed by atoms with Crippen LogP contribution in [0.3, 0.4) is 0 Å². The predicted octanol–water partition coefficient (Wildman–Crippen LogP) is -5.07. The zero-order chi connectivity index (χ0) is 8.12. The molecule has 0 rings (SSSR count). The number of hydrogen-bond acceptors (Lipinski definition) is 6. The van der Waals surface area contributed by atoms with Crippen molar-refractivity contribution in [3.05, 3.63) is 0 Å². The first kappa shape index (κ1) is 22.7. The van der Waals surface area contributed by atoms with Crippen molar-refractivity contribution in [2.24, 2.45) is 0 Å². The standard InChI is InChI=1S/3Al.6O.Yb/q;;;;;;3*-1;+3. The third kappa shape index (κ3) is 215. The average molecular weight is 350 g/mol. The molecule has 0 aliphatic rings. The van der Waals surface area contributed by atoms with E-state index < -0.39 is 46.5 Å². The molecule has 0 saturated heterocycles. The van der Waals surface area contributed by atoms with Crippen molar-refractivity contribution in [1.82, 2.24) is 0 Å². The van der Waals surface area contributed by atoms with Gasteiger partial charge in [0.15, 0.2) is 0 Å². The molecule has 59 valence electrons. The molecule has 0 N–H and O–H groups in total. The van der Waals surface area contributed by atoms with E-state index in [1.54, 1.807) is 0 Å². The summed E-state index contributed by atoms with van der Waals surface area (Å²) in [5.74, 6) is 0. The van der Waals surface area contributed by atoms with E-state index in [-0.39, 0.29) is 46.9 Å². The minimum absolute atomic E-state index is 0. The summed E-state index contributed by atoms with van der Waals surface area (Å²) in [6, 6.07) is 0. The Kier molecular flexibility index (Phi) is 101. The smallest absolute Gasteiger partial charge is 3.00 e. The molecule has 0 aliphatic heterocycles. The Morgan fingerprint density at radius 3 is 0.700 bits per heavy atom. The van der Waals surface area contributed by atoms with Gasteiger partial charge in [0, 0.05) is 0 Å². The van der Waals surface area contributed by atoms with E-state index in [1.807, 2.05) is 0 Å². The van der Waals surface area contributed by atoms with Crippen LogP contribution >= 0.6 is 0 Å². The van der Waals surface area contributed by atoms with E-state index in [0.29, 0.717) is 0 Å². The Balaban J connectivity index is -0.0000000257. The maximum atomic E-state index is 8.46. The van der Waals surface area contributed by atoms with Crippen LogP contribution < -0.4 is 12.5 Å². The van der Waals surface area contributed by atoms with Gasteiger partial charge in [0.1, 0.15) is 0 Å². The van der Waals surface area contributed by atoms with Crippen LogP contribution in [0.5, 0.6) is 0 Å². The van der Waals surface area contributed by atoms with E-state index >= 15 is 0 Å². The molecule has 0 aromatic heterocycles. The molecule has 0 atom stereocenters. The van der Waals surface area contributed by atoms with Crippen molar-refractivity contribution >= 4 is 46.5 Å². The van der Waals surface area contributed by atoms with Gasteiger partial charge in [0.25, 0.3) is 0 Å². The van der Waals surface area contributed by atoms with Gasteiger partial charge in [-0.15, -0.1) is 0 Å². The summed E-state index contributed by atoms with van der Waals surface area (Å²) in [7, 11) is 0. The second-order valence-electron chi connectivity index (χ2n) is 0.289. The van der Waals surface area contributed by atoms with Crippen LogP contribution in [0.2, 0.25) is 0 Å². The minimum Gasteiger partial charge on any atom is 3.00 e. The van der Waals surface area contributed by atoms with Crippen LogP contribution in [0.15, 0.2) is 0 Å². The molecular formula is Al3O6Yb. The van der Waals surface area contributed by atoms with Crippen LogP contribution in [0.4, 0.5) is 0 Å². The molecule has 0 aromatic carbocycles.